The number of carbonyl (C=O) groups is 1. The molecule has 2 aliphatic heterocycles. The Kier molecular flexibility index (Phi) is 7.70. The third-order valence-corrected chi connectivity index (χ3v) is 7.43. The van der Waals surface area contributed by atoms with E-state index in [1.807, 2.05) is 0 Å². The molecule has 7 nitrogen and oxygen atoms in total. The highest BCUT2D eigenvalue weighted by molar-refractivity contribution is 7.89. The minimum atomic E-state index is -3.67. The van der Waals surface area contributed by atoms with Gasteiger partial charge in [-0.25, -0.2) is 8.42 Å². The van der Waals surface area contributed by atoms with Crippen molar-refractivity contribution < 1.29 is 17.9 Å². The zero-order valence-electron chi connectivity index (χ0n) is 16.0. The molecule has 0 radical (unpaired) electrons. The number of sulfonamides is 1. The summed E-state index contributed by atoms with van der Waals surface area (Å²) in [5, 5.41) is 3.12. The maximum Gasteiger partial charge on any atom is 0.252 e. The predicted molar refractivity (Wildman–Crippen MR) is 108 cm³/mol. The summed E-state index contributed by atoms with van der Waals surface area (Å²) >= 11 is 6.18. The number of benzene rings is 1. The molecule has 2 aliphatic rings. The molecule has 0 aromatic heterocycles. The van der Waals surface area contributed by atoms with Gasteiger partial charge >= 0.3 is 0 Å². The number of nitrogens with one attached hydrogen (secondary N) is 1. The highest BCUT2D eigenvalue weighted by Crippen LogP contribution is 2.23. The van der Waals surface area contributed by atoms with Crippen LogP contribution >= 0.6 is 11.6 Å². The van der Waals surface area contributed by atoms with Crippen LogP contribution in [-0.2, 0) is 14.8 Å². The van der Waals surface area contributed by atoms with Crippen molar-refractivity contribution in [1.29, 1.82) is 0 Å². The molecule has 28 heavy (non-hydrogen) atoms. The summed E-state index contributed by atoms with van der Waals surface area (Å²) in [6.45, 7) is 4.77. The Balaban J connectivity index is 1.64. The van der Waals surface area contributed by atoms with Gasteiger partial charge < -0.3 is 15.0 Å². The molecule has 1 N–H and O–H groups in total. The van der Waals surface area contributed by atoms with Gasteiger partial charge in [-0.05, 0) is 44.1 Å². The number of carbonyl (C=O) groups excluding carboxylic acids is 1. The number of likely N-dealkylation sites (tertiary alicyclic amines) is 1. The van der Waals surface area contributed by atoms with E-state index >= 15 is 0 Å². The lowest BCUT2D eigenvalue weighted by molar-refractivity contribution is 0.0730. The minimum Gasteiger partial charge on any atom is -0.379 e. The quantitative estimate of drug-likeness (QED) is 0.747. The van der Waals surface area contributed by atoms with Gasteiger partial charge in [-0.15, -0.1) is 0 Å². The van der Waals surface area contributed by atoms with Crippen molar-refractivity contribution in [1.82, 2.24) is 14.5 Å². The first-order chi connectivity index (χ1) is 13.5. The summed E-state index contributed by atoms with van der Waals surface area (Å²) in [6.07, 6.45) is 4.92. The summed E-state index contributed by atoms with van der Waals surface area (Å²) < 4.78 is 32.2. The number of rotatable bonds is 6. The largest absolute Gasteiger partial charge is 0.379 e. The van der Waals surface area contributed by atoms with Crippen molar-refractivity contribution in [2.75, 3.05) is 52.5 Å². The summed E-state index contributed by atoms with van der Waals surface area (Å²) in [5.74, 6) is -0.348. The van der Waals surface area contributed by atoms with Gasteiger partial charge in [0.25, 0.3) is 5.91 Å². The van der Waals surface area contributed by atoms with Gasteiger partial charge in [-0.1, -0.05) is 24.4 Å². The van der Waals surface area contributed by atoms with Crippen LogP contribution in [0.15, 0.2) is 23.1 Å². The number of hydrogen-bond donors (Lipinski definition) is 1. The number of ether oxygens (including phenoxy) is 1. The first-order valence-electron chi connectivity index (χ1n) is 9.86. The van der Waals surface area contributed by atoms with Crippen LogP contribution in [0, 0.1) is 0 Å². The monoisotopic (exact) mass is 429 g/mol. The molecular formula is C19H28ClN3O4S. The lowest BCUT2D eigenvalue weighted by Gasteiger charge is -2.26. The molecule has 0 unspecified atom stereocenters. The first-order valence-corrected chi connectivity index (χ1v) is 11.7. The van der Waals surface area contributed by atoms with Crippen LogP contribution in [0.4, 0.5) is 0 Å². The van der Waals surface area contributed by atoms with E-state index in [9.17, 15) is 13.2 Å². The Hall–Kier alpha value is -1.19. The lowest BCUT2D eigenvalue weighted by Crippen LogP contribution is -2.40. The SMILES string of the molecule is O=C(NCCN1CCCCCC1)c1cc(S(=O)(=O)N2CCOCC2)ccc1Cl. The second kappa shape index (κ2) is 10.0. The van der Waals surface area contributed by atoms with Crippen LogP contribution in [0.2, 0.25) is 5.02 Å². The predicted octanol–water partition coefficient (Wildman–Crippen LogP) is 1.97. The van der Waals surface area contributed by atoms with Gasteiger partial charge in [0.1, 0.15) is 0 Å². The van der Waals surface area contributed by atoms with Crippen molar-refractivity contribution in [3.8, 4) is 0 Å². The first kappa shape index (κ1) is 21.5. The van der Waals surface area contributed by atoms with Gasteiger partial charge in [0.2, 0.25) is 10.0 Å². The Morgan fingerprint density at radius 1 is 1.07 bits per heavy atom. The zero-order valence-corrected chi connectivity index (χ0v) is 17.6. The van der Waals surface area contributed by atoms with Gasteiger partial charge in [-0.2, -0.15) is 4.31 Å². The van der Waals surface area contributed by atoms with Gasteiger partial charge in [0.05, 0.1) is 28.7 Å². The molecule has 1 aromatic carbocycles. The summed E-state index contributed by atoms with van der Waals surface area (Å²) in [7, 11) is -3.67. The number of hydrogen-bond acceptors (Lipinski definition) is 5. The maximum atomic E-state index is 12.8. The fraction of sp³-hybridized carbons (Fsp3) is 0.632. The van der Waals surface area contributed by atoms with E-state index in [0.717, 1.165) is 19.6 Å². The fourth-order valence-electron chi connectivity index (χ4n) is 3.56. The normalized spacial score (nSPS) is 19.9. The molecule has 9 heteroatoms. The third-order valence-electron chi connectivity index (χ3n) is 5.20. The number of morpholine rings is 1. The van der Waals surface area contributed by atoms with E-state index in [1.54, 1.807) is 0 Å². The molecule has 3 rings (SSSR count). The van der Waals surface area contributed by atoms with E-state index in [1.165, 1.54) is 48.2 Å². The van der Waals surface area contributed by atoms with Crippen LogP contribution in [0.1, 0.15) is 36.0 Å². The van der Waals surface area contributed by atoms with Crippen LogP contribution in [0.3, 0.4) is 0 Å². The van der Waals surface area contributed by atoms with Gasteiger partial charge in [-0.3, -0.25) is 4.79 Å². The lowest BCUT2D eigenvalue weighted by atomic mass is 10.2. The van der Waals surface area contributed by atoms with Crippen molar-refractivity contribution in [3.05, 3.63) is 28.8 Å². The molecule has 0 bridgehead atoms. The molecule has 2 fully saturated rings. The number of halogens is 1. The molecule has 156 valence electrons. The standard InChI is InChI=1S/C19H28ClN3O4S/c20-18-6-5-16(28(25,26)23-11-13-27-14-12-23)15-17(18)19(24)21-7-10-22-8-3-1-2-4-9-22/h5-6,15H,1-4,7-14H2,(H,21,24). The van der Waals surface area contributed by atoms with Crippen LogP contribution in [-0.4, -0.2) is 76.0 Å². The second-order valence-electron chi connectivity index (χ2n) is 7.17. The number of nitrogens with zero attached hydrogens (tertiary/aromatic N) is 2. The third kappa shape index (κ3) is 5.45. The van der Waals surface area contributed by atoms with Gasteiger partial charge in [0, 0.05) is 26.2 Å². The van der Waals surface area contributed by atoms with Crippen molar-refractivity contribution in [3.63, 3.8) is 0 Å². The molecule has 0 atom stereocenters. The zero-order chi connectivity index (χ0) is 20.0. The smallest absolute Gasteiger partial charge is 0.252 e. The fourth-order valence-corrected chi connectivity index (χ4v) is 5.20. The van der Waals surface area contributed by atoms with E-state index < -0.39 is 10.0 Å². The Morgan fingerprint density at radius 2 is 1.75 bits per heavy atom. The topological polar surface area (TPSA) is 79.0 Å². The Labute approximate surface area is 172 Å². The molecule has 0 aliphatic carbocycles. The highest BCUT2D eigenvalue weighted by atomic mass is 35.5. The van der Waals surface area contributed by atoms with Crippen LogP contribution < -0.4 is 5.32 Å². The minimum absolute atomic E-state index is 0.0801. The van der Waals surface area contributed by atoms with Crippen molar-refractivity contribution >= 4 is 27.5 Å². The highest BCUT2D eigenvalue weighted by Gasteiger charge is 2.27. The molecule has 1 amide bonds. The average Bonchev–Trinajstić information content (AvgIpc) is 2.97. The van der Waals surface area contributed by atoms with Crippen LogP contribution in [0.5, 0.6) is 0 Å². The average molecular weight is 430 g/mol. The number of amides is 1. The van der Waals surface area contributed by atoms with Crippen LogP contribution in [0.25, 0.3) is 0 Å². The van der Waals surface area contributed by atoms with Crippen molar-refractivity contribution in [2.45, 2.75) is 30.6 Å². The second-order valence-corrected chi connectivity index (χ2v) is 9.52. The van der Waals surface area contributed by atoms with E-state index in [2.05, 4.69) is 10.2 Å². The Bertz CT molecular complexity index is 773. The van der Waals surface area contributed by atoms with Gasteiger partial charge in [0.15, 0.2) is 0 Å². The molecular weight excluding hydrogens is 402 g/mol. The molecule has 0 saturated carbocycles. The molecule has 2 saturated heterocycles. The van der Waals surface area contributed by atoms with Crippen molar-refractivity contribution in [2.24, 2.45) is 0 Å². The summed E-state index contributed by atoms with van der Waals surface area (Å²) in [4.78, 5) is 15.0. The summed E-state index contributed by atoms with van der Waals surface area (Å²) in [6, 6.07) is 4.29. The summed E-state index contributed by atoms with van der Waals surface area (Å²) in [5.41, 5.74) is 0.187. The van der Waals surface area contributed by atoms with E-state index in [4.69, 9.17) is 16.3 Å². The van der Waals surface area contributed by atoms with E-state index in [-0.39, 0.29) is 21.4 Å². The molecule has 2 heterocycles. The van der Waals surface area contributed by atoms with E-state index in [0.29, 0.717) is 32.8 Å². The maximum absolute atomic E-state index is 12.8. The Morgan fingerprint density at radius 3 is 2.43 bits per heavy atom. The molecule has 0 spiro atoms. The molecule has 1 aromatic rings.